The molecule has 17 heavy (non-hydrogen) atoms. The summed E-state index contributed by atoms with van der Waals surface area (Å²) >= 11 is 0. The Balaban J connectivity index is 2.04. The molecule has 0 spiro atoms. The zero-order chi connectivity index (χ0) is 12.5. The van der Waals surface area contributed by atoms with Gasteiger partial charge in [0.1, 0.15) is 0 Å². The summed E-state index contributed by atoms with van der Waals surface area (Å²) in [5.74, 6) is -0.115. The fourth-order valence-electron chi connectivity index (χ4n) is 2.22. The zero-order valence-corrected chi connectivity index (χ0v) is 10.9. The Bertz CT molecular complexity index is 217. The Labute approximate surface area is 104 Å². The minimum atomic E-state index is -0.115. The lowest BCUT2D eigenvalue weighted by molar-refractivity contribution is -0.140. The fraction of sp³-hybridized carbons (Fsp3) is 0.923. The second-order valence-electron chi connectivity index (χ2n) is 4.73. The molecule has 0 heterocycles. The van der Waals surface area contributed by atoms with Gasteiger partial charge in [0.05, 0.1) is 13.7 Å². The van der Waals surface area contributed by atoms with E-state index in [1.807, 2.05) is 0 Å². The molecule has 0 radical (unpaired) electrons. The van der Waals surface area contributed by atoms with Gasteiger partial charge in [-0.05, 0) is 32.2 Å². The topological polar surface area (TPSA) is 49.8 Å². The maximum atomic E-state index is 10.9. The van der Waals surface area contributed by atoms with E-state index in [4.69, 9.17) is 5.11 Å². The molecule has 1 saturated carbocycles. The molecule has 0 atom stereocenters. The lowest BCUT2D eigenvalue weighted by Gasteiger charge is -2.37. The Morgan fingerprint density at radius 3 is 2.59 bits per heavy atom. The molecule has 4 heteroatoms. The number of ether oxygens (including phenoxy) is 1. The number of aliphatic hydroxyl groups is 1. The molecule has 1 aliphatic carbocycles. The van der Waals surface area contributed by atoms with Crippen LogP contribution in [0.1, 0.15) is 44.9 Å². The number of aliphatic hydroxyl groups excluding tert-OH is 1. The molecule has 1 N–H and O–H groups in total. The summed E-state index contributed by atoms with van der Waals surface area (Å²) in [5, 5.41) is 9.01. The highest BCUT2D eigenvalue weighted by Crippen LogP contribution is 2.24. The molecule has 0 aromatic carbocycles. The van der Waals surface area contributed by atoms with Crippen molar-refractivity contribution in [2.75, 3.05) is 26.8 Å². The van der Waals surface area contributed by atoms with Gasteiger partial charge in [0.25, 0.3) is 0 Å². The molecule has 0 saturated heterocycles. The van der Waals surface area contributed by atoms with Crippen LogP contribution in [0.2, 0.25) is 0 Å². The number of nitrogens with zero attached hydrogens (tertiary/aromatic N) is 1. The predicted molar refractivity (Wildman–Crippen MR) is 66.8 cm³/mol. The third-order valence-corrected chi connectivity index (χ3v) is 3.53. The van der Waals surface area contributed by atoms with Gasteiger partial charge in [-0.3, -0.25) is 9.69 Å². The third kappa shape index (κ3) is 5.50. The molecule has 0 aromatic rings. The van der Waals surface area contributed by atoms with Gasteiger partial charge in [0, 0.05) is 19.0 Å². The van der Waals surface area contributed by atoms with Crippen molar-refractivity contribution in [2.45, 2.75) is 51.0 Å². The molecule has 100 valence electrons. The molecule has 0 aromatic heterocycles. The minimum Gasteiger partial charge on any atom is -0.469 e. The number of methoxy groups -OCH3 is 1. The smallest absolute Gasteiger partial charge is 0.305 e. The van der Waals surface area contributed by atoms with Crippen molar-refractivity contribution < 1.29 is 14.6 Å². The summed E-state index contributed by atoms with van der Waals surface area (Å²) in [6, 6.07) is 0.697. The van der Waals surface area contributed by atoms with Crippen LogP contribution < -0.4 is 0 Å². The number of carbonyl (C=O) groups is 1. The van der Waals surface area contributed by atoms with E-state index in [-0.39, 0.29) is 12.6 Å². The first-order chi connectivity index (χ1) is 8.27. The molecule has 1 aliphatic rings. The minimum absolute atomic E-state index is 0.115. The lowest BCUT2D eigenvalue weighted by atomic mass is 9.91. The molecule has 1 rings (SSSR count). The number of esters is 1. The summed E-state index contributed by atoms with van der Waals surface area (Å²) in [4.78, 5) is 13.3. The van der Waals surface area contributed by atoms with Gasteiger partial charge in [0.15, 0.2) is 0 Å². The monoisotopic (exact) mass is 243 g/mol. The van der Waals surface area contributed by atoms with Crippen LogP contribution in [-0.2, 0) is 9.53 Å². The van der Waals surface area contributed by atoms with E-state index in [1.54, 1.807) is 0 Å². The van der Waals surface area contributed by atoms with E-state index in [0.717, 1.165) is 32.4 Å². The van der Waals surface area contributed by atoms with Gasteiger partial charge < -0.3 is 9.84 Å². The van der Waals surface area contributed by atoms with Gasteiger partial charge in [-0.2, -0.15) is 0 Å². The normalized spacial score (nSPS) is 15.9. The van der Waals surface area contributed by atoms with Gasteiger partial charge >= 0.3 is 5.97 Å². The first kappa shape index (κ1) is 14.5. The largest absolute Gasteiger partial charge is 0.469 e. The summed E-state index contributed by atoms with van der Waals surface area (Å²) < 4.78 is 4.60. The SMILES string of the molecule is COC(=O)CCCCCN(CCO)C1CCC1. The van der Waals surface area contributed by atoms with Gasteiger partial charge in [-0.25, -0.2) is 0 Å². The predicted octanol–water partition coefficient (Wildman–Crippen LogP) is 1.57. The highest BCUT2D eigenvalue weighted by Gasteiger charge is 2.23. The maximum absolute atomic E-state index is 10.9. The summed E-state index contributed by atoms with van der Waals surface area (Å²) in [5.41, 5.74) is 0. The summed E-state index contributed by atoms with van der Waals surface area (Å²) in [6.45, 7) is 2.09. The van der Waals surface area contributed by atoms with Crippen LogP contribution in [0, 0.1) is 0 Å². The fourth-order valence-corrected chi connectivity index (χ4v) is 2.22. The molecule has 0 bridgehead atoms. The second kappa shape index (κ2) is 8.48. The van der Waals surface area contributed by atoms with Gasteiger partial charge in [0.2, 0.25) is 0 Å². The number of carbonyl (C=O) groups excluding carboxylic acids is 1. The second-order valence-corrected chi connectivity index (χ2v) is 4.73. The first-order valence-corrected chi connectivity index (χ1v) is 6.69. The highest BCUT2D eigenvalue weighted by atomic mass is 16.5. The zero-order valence-electron chi connectivity index (χ0n) is 10.9. The van der Waals surface area contributed by atoms with Crippen molar-refractivity contribution in [1.29, 1.82) is 0 Å². The van der Waals surface area contributed by atoms with Crippen molar-refractivity contribution in [3.05, 3.63) is 0 Å². The number of hydrogen-bond donors (Lipinski definition) is 1. The van der Waals surface area contributed by atoms with E-state index >= 15 is 0 Å². The molecular formula is C13H25NO3. The van der Waals surface area contributed by atoms with Crippen molar-refractivity contribution in [1.82, 2.24) is 4.90 Å². The number of unbranched alkanes of at least 4 members (excludes halogenated alkanes) is 2. The van der Waals surface area contributed by atoms with Crippen molar-refractivity contribution in [3.8, 4) is 0 Å². The first-order valence-electron chi connectivity index (χ1n) is 6.69. The Kier molecular flexibility index (Phi) is 7.21. The lowest BCUT2D eigenvalue weighted by Crippen LogP contribution is -2.42. The Morgan fingerprint density at radius 1 is 1.29 bits per heavy atom. The van der Waals surface area contributed by atoms with Crippen LogP contribution in [-0.4, -0.2) is 48.8 Å². The van der Waals surface area contributed by atoms with Crippen LogP contribution in [0.4, 0.5) is 0 Å². The van der Waals surface area contributed by atoms with E-state index < -0.39 is 0 Å². The average molecular weight is 243 g/mol. The van der Waals surface area contributed by atoms with Crippen LogP contribution in [0.5, 0.6) is 0 Å². The van der Waals surface area contributed by atoms with Crippen molar-refractivity contribution >= 4 is 5.97 Å². The van der Waals surface area contributed by atoms with E-state index in [1.165, 1.54) is 26.4 Å². The maximum Gasteiger partial charge on any atom is 0.305 e. The van der Waals surface area contributed by atoms with Crippen LogP contribution >= 0.6 is 0 Å². The molecular weight excluding hydrogens is 218 g/mol. The van der Waals surface area contributed by atoms with E-state index in [0.29, 0.717) is 12.5 Å². The Hall–Kier alpha value is -0.610. The average Bonchev–Trinajstić information content (AvgIpc) is 2.26. The summed E-state index contributed by atoms with van der Waals surface area (Å²) in [7, 11) is 1.43. The molecule has 0 unspecified atom stereocenters. The quantitative estimate of drug-likeness (QED) is 0.493. The Morgan fingerprint density at radius 2 is 2.06 bits per heavy atom. The molecule has 0 amide bonds. The van der Waals surface area contributed by atoms with Crippen molar-refractivity contribution in [3.63, 3.8) is 0 Å². The number of rotatable bonds is 9. The van der Waals surface area contributed by atoms with E-state index in [9.17, 15) is 4.79 Å². The van der Waals surface area contributed by atoms with Crippen molar-refractivity contribution in [2.24, 2.45) is 0 Å². The number of hydrogen-bond acceptors (Lipinski definition) is 4. The molecule has 4 nitrogen and oxygen atoms in total. The van der Waals surface area contributed by atoms with Crippen LogP contribution in [0.3, 0.4) is 0 Å². The van der Waals surface area contributed by atoms with Gasteiger partial charge in [-0.1, -0.05) is 12.8 Å². The van der Waals surface area contributed by atoms with Gasteiger partial charge in [-0.15, -0.1) is 0 Å². The molecule has 0 aliphatic heterocycles. The van der Waals surface area contributed by atoms with Crippen LogP contribution in [0.25, 0.3) is 0 Å². The van der Waals surface area contributed by atoms with E-state index in [2.05, 4.69) is 9.64 Å². The third-order valence-electron chi connectivity index (χ3n) is 3.53. The highest BCUT2D eigenvalue weighted by molar-refractivity contribution is 5.68. The standard InChI is InChI=1S/C13H25NO3/c1-17-13(16)8-3-2-4-9-14(10-11-15)12-6-5-7-12/h12,15H,2-11H2,1H3. The van der Waals surface area contributed by atoms with Crippen LogP contribution in [0.15, 0.2) is 0 Å². The summed E-state index contributed by atoms with van der Waals surface area (Å²) in [6.07, 6.45) is 7.49. The molecule has 1 fully saturated rings.